The molecule has 0 amide bonds. The Morgan fingerprint density at radius 2 is 1.67 bits per heavy atom. The third kappa shape index (κ3) is 6.84. The lowest BCUT2D eigenvalue weighted by molar-refractivity contribution is -0.165. The standard InChI is InChI=1S/C8H13NO2.C4H6O6/c1-9-5-3-4-7(6-9)8(10)11-2;5-1(3(7)8)2(6)4(9)10/h4H,3,5-6H2,1-2H3;1-2,5-6H,(H,7,8)(H,9,10). The van der Waals surface area contributed by atoms with Gasteiger partial charge in [0.1, 0.15) is 0 Å². The highest BCUT2D eigenvalue weighted by Gasteiger charge is 2.29. The van der Waals surface area contributed by atoms with Crippen LogP contribution in [0.4, 0.5) is 0 Å². The van der Waals surface area contributed by atoms with Crippen LogP contribution in [0.15, 0.2) is 11.6 Å². The SMILES string of the molecule is COC(=O)C1=CCCN(C)C1.O=C(O)C(O)C(O)C(=O)O. The number of rotatable bonds is 4. The molecule has 1 heterocycles. The maximum Gasteiger partial charge on any atom is 0.335 e. The number of nitrogens with zero attached hydrogens (tertiary/aromatic N) is 1. The van der Waals surface area contributed by atoms with Gasteiger partial charge in [-0.3, -0.25) is 0 Å². The van der Waals surface area contributed by atoms with E-state index in [-0.39, 0.29) is 5.97 Å². The minimum Gasteiger partial charge on any atom is -0.479 e. The van der Waals surface area contributed by atoms with Gasteiger partial charge >= 0.3 is 17.9 Å². The van der Waals surface area contributed by atoms with Crippen molar-refractivity contribution < 1.29 is 39.5 Å². The molecule has 9 heteroatoms. The molecular formula is C12H19NO8. The van der Waals surface area contributed by atoms with Crippen LogP contribution in [0.2, 0.25) is 0 Å². The Hall–Kier alpha value is -1.97. The van der Waals surface area contributed by atoms with E-state index in [1.54, 1.807) is 0 Å². The number of aliphatic hydroxyl groups is 2. The van der Waals surface area contributed by atoms with Crippen LogP contribution in [0.1, 0.15) is 6.42 Å². The summed E-state index contributed by atoms with van der Waals surface area (Å²) in [7, 11) is 3.41. The molecule has 0 aromatic carbocycles. The molecular weight excluding hydrogens is 286 g/mol. The largest absolute Gasteiger partial charge is 0.479 e. The lowest BCUT2D eigenvalue weighted by Crippen LogP contribution is -2.39. The van der Waals surface area contributed by atoms with Crippen molar-refractivity contribution in [1.82, 2.24) is 4.90 Å². The molecule has 0 saturated carbocycles. The van der Waals surface area contributed by atoms with E-state index in [1.165, 1.54) is 7.11 Å². The van der Waals surface area contributed by atoms with Gasteiger partial charge in [0.25, 0.3) is 0 Å². The zero-order valence-electron chi connectivity index (χ0n) is 11.7. The molecule has 0 fully saturated rings. The van der Waals surface area contributed by atoms with Crippen molar-refractivity contribution in [3.8, 4) is 0 Å². The van der Waals surface area contributed by atoms with E-state index in [0.29, 0.717) is 6.54 Å². The fraction of sp³-hybridized carbons (Fsp3) is 0.583. The van der Waals surface area contributed by atoms with Crippen molar-refractivity contribution in [3.63, 3.8) is 0 Å². The fourth-order valence-corrected chi connectivity index (χ4v) is 1.44. The monoisotopic (exact) mass is 305 g/mol. The molecule has 0 spiro atoms. The number of carbonyl (C=O) groups is 3. The Bertz CT molecular complexity index is 401. The number of aliphatic carboxylic acids is 2. The zero-order valence-corrected chi connectivity index (χ0v) is 11.7. The number of carboxylic acids is 2. The molecule has 0 aliphatic carbocycles. The van der Waals surface area contributed by atoms with Crippen molar-refractivity contribution in [2.45, 2.75) is 18.6 Å². The Balaban J connectivity index is 0.000000384. The number of likely N-dealkylation sites (N-methyl/N-ethyl adjacent to an activating group) is 1. The molecule has 0 aromatic heterocycles. The summed E-state index contributed by atoms with van der Waals surface area (Å²) in [6.07, 6.45) is -1.64. The first kappa shape index (κ1) is 19.0. The van der Waals surface area contributed by atoms with Crippen molar-refractivity contribution in [3.05, 3.63) is 11.6 Å². The van der Waals surface area contributed by atoms with Gasteiger partial charge in [-0.05, 0) is 13.5 Å². The van der Waals surface area contributed by atoms with Crippen LogP contribution in [0.3, 0.4) is 0 Å². The van der Waals surface area contributed by atoms with Crippen LogP contribution in [-0.2, 0) is 19.1 Å². The predicted octanol–water partition coefficient (Wildman–Crippen LogP) is -1.70. The minimum atomic E-state index is -2.27. The highest BCUT2D eigenvalue weighted by molar-refractivity contribution is 5.88. The first-order valence-electron chi connectivity index (χ1n) is 5.98. The highest BCUT2D eigenvalue weighted by Crippen LogP contribution is 2.08. The third-order valence-corrected chi connectivity index (χ3v) is 2.59. The zero-order chi connectivity index (χ0) is 16.6. The Morgan fingerprint density at radius 3 is 2.00 bits per heavy atom. The van der Waals surface area contributed by atoms with Gasteiger partial charge in [-0.15, -0.1) is 0 Å². The van der Waals surface area contributed by atoms with Crippen molar-refractivity contribution in [2.24, 2.45) is 0 Å². The first-order chi connectivity index (χ1) is 9.70. The van der Waals surface area contributed by atoms with Crippen LogP contribution in [0.25, 0.3) is 0 Å². The number of aliphatic hydroxyl groups excluding tert-OH is 2. The summed E-state index contributed by atoms with van der Waals surface area (Å²) in [5, 5.41) is 32.5. The fourth-order valence-electron chi connectivity index (χ4n) is 1.44. The molecule has 120 valence electrons. The summed E-state index contributed by atoms with van der Waals surface area (Å²) in [4.78, 5) is 32.6. The topological polar surface area (TPSA) is 145 Å². The minimum absolute atomic E-state index is 0.198. The second kappa shape index (κ2) is 9.06. The first-order valence-corrected chi connectivity index (χ1v) is 5.98. The molecule has 2 unspecified atom stereocenters. The number of carboxylic acid groups (broad SMARTS) is 2. The maximum atomic E-state index is 11.0. The summed E-state index contributed by atoms with van der Waals surface area (Å²) in [6.45, 7) is 1.74. The maximum absolute atomic E-state index is 11.0. The van der Waals surface area contributed by atoms with Gasteiger partial charge in [-0.1, -0.05) is 6.08 Å². The molecule has 0 aromatic rings. The summed E-state index contributed by atoms with van der Waals surface area (Å²) in [5.74, 6) is -3.73. The van der Waals surface area contributed by atoms with Gasteiger partial charge < -0.3 is 30.1 Å². The van der Waals surface area contributed by atoms with Crippen LogP contribution >= 0.6 is 0 Å². The third-order valence-electron chi connectivity index (χ3n) is 2.59. The number of methoxy groups -OCH3 is 1. The molecule has 9 nitrogen and oxygen atoms in total. The van der Waals surface area contributed by atoms with Gasteiger partial charge in [0.15, 0.2) is 12.2 Å². The van der Waals surface area contributed by atoms with Crippen LogP contribution < -0.4 is 0 Å². The molecule has 21 heavy (non-hydrogen) atoms. The lowest BCUT2D eigenvalue weighted by atomic mass is 10.1. The molecule has 0 radical (unpaired) electrons. The number of carbonyl (C=O) groups excluding carboxylic acids is 1. The van der Waals surface area contributed by atoms with Crippen LogP contribution in [0.5, 0.6) is 0 Å². The lowest BCUT2D eigenvalue weighted by Gasteiger charge is -2.21. The second-order valence-electron chi connectivity index (χ2n) is 4.31. The average Bonchev–Trinajstić information content (AvgIpc) is 2.45. The summed E-state index contributed by atoms with van der Waals surface area (Å²) < 4.78 is 4.60. The van der Waals surface area contributed by atoms with Gasteiger partial charge in [0, 0.05) is 18.7 Å². The quantitative estimate of drug-likeness (QED) is 0.446. The number of ether oxygens (including phenoxy) is 1. The van der Waals surface area contributed by atoms with Gasteiger partial charge in [0.05, 0.1) is 7.11 Å². The van der Waals surface area contributed by atoms with E-state index in [0.717, 1.165) is 18.5 Å². The van der Waals surface area contributed by atoms with Crippen molar-refractivity contribution in [2.75, 3.05) is 27.2 Å². The Morgan fingerprint density at radius 1 is 1.19 bits per heavy atom. The number of esters is 1. The summed E-state index contributed by atoms with van der Waals surface area (Å²) in [5.41, 5.74) is 0.779. The molecule has 0 bridgehead atoms. The molecule has 0 saturated heterocycles. The van der Waals surface area contributed by atoms with Gasteiger partial charge in [0.2, 0.25) is 0 Å². The highest BCUT2D eigenvalue weighted by atomic mass is 16.5. The van der Waals surface area contributed by atoms with Crippen LogP contribution in [0, 0.1) is 0 Å². The summed E-state index contributed by atoms with van der Waals surface area (Å²) >= 11 is 0. The van der Waals surface area contributed by atoms with Gasteiger partial charge in [-0.25, -0.2) is 14.4 Å². The summed E-state index contributed by atoms with van der Waals surface area (Å²) in [6, 6.07) is 0. The van der Waals surface area contributed by atoms with E-state index < -0.39 is 24.1 Å². The average molecular weight is 305 g/mol. The Labute approximate surface area is 121 Å². The molecule has 2 atom stereocenters. The van der Waals surface area contributed by atoms with Crippen molar-refractivity contribution >= 4 is 17.9 Å². The normalized spacial score (nSPS) is 17.6. The van der Waals surface area contributed by atoms with E-state index in [2.05, 4.69) is 9.64 Å². The second-order valence-corrected chi connectivity index (χ2v) is 4.31. The molecule has 4 N–H and O–H groups in total. The molecule has 1 aliphatic heterocycles. The molecule has 1 aliphatic rings. The number of hydrogen-bond acceptors (Lipinski definition) is 7. The molecule has 1 rings (SSSR count). The van der Waals surface area contributed by atoms with Crippen molar-refractivity contribution in [1.29, 1.82) is 0 Å². The van der Waals surface area contributed by atoms with Crippen LogP contribution in [-0.4, -0.2) is 82.7 Å². The van der Waals surface area contributed by atoms with E-state index in [1.807, 2.05) is 13.1 Å². The number of hydrogen-bond donors (Lipinski definition) is 4. The van der Waals surface area contributed by atoms with E-state index in [4.69, 9.17) is 20.4 Å². The Kier molecular flexibility index (Phi) is 8.21. The predicted molar refractivity (Wildman–Crippen MR) is 69.5 cm³/mol. The van der Waals surface area contributed by atoms with E-state index in [9.17, 15) is 14.4 Å². The van der Waals surface area contributed by atoms with Gasteiger partial charge in [-0.2, -0.15) is 0 Å². The smallest absolute Gasteiger partial charge is 0.335 e. The van der Waals surface area contributed by atoms with E-state index >= 15 is 0 Å².